The predicted molar refractivity (Wildman–Crippen MR) is 49.1 cm³/mol. The van der Waals surface area contributed by atoms with Crippen molar-refractivity contribution in [3.05, 3.63) is 42.1 Å². The average Bonchev–Trinajstić information content (AvgIpc) is 2.04. The molecule has 59 valence electrons. The maximum absolute atomic E-state index is 12.4. The number of alkyl halides is 1. The molecule has 1 aliphatic rings. The molecule has 0 bridgehead atoms. The Balaban J connectivity index is 2.43. The minimum absolute atomic E-state index is 0.138. The maximum Gasteiger partial charge on any atom is 0.118 e. The molecular weight excluding hydrogens is 207 g/mol. The number of hydrogen-bond donors (Lipinski definition) is 0. The highest BCUT2D eigenvalue weighted by Gasteiger charge is 2.04. The van der Waals surface area contributed by atoms with Gasteiger partial charge in [-0.15, -0.1) is 0 Å². The van der Waals surface area contributed by atoms with Gasteiger partial charge in [0, 0.05) is 11.2 Å². The number of rotatable bonds is 2. The fraction of sp³-hybridized carbons (Fsp3) is 0.222. The van der Waals surface area contributed by atoms with E-state index in [1.165, 1.54) is 6.08 Å². The molecule has 0 heterocycles. The van der Waals surface area contributed by atoms with Crippen LogP contribution in [-0.4, -0.2) is 5.33 Å². The second kappa shape index (κ2) is 4.50. The van der Waals surface area contributed by atoms with Crippen molar-refractivity contribution < 1.29 is 4.39 Å². The Hall–Kier alpha value is -0.370. The highest BCUT2D eigenvalue weighted by molar-refractivity contribution is 9.09. The van der Waals surface area contributed by atoms with Crippen LogP contribution in [0.4, 0.5) is 4.39 Å². The smallest absolute Gasteiger partial charge is 0.118 e. The minimum Gasteiger partial charge on any atom is -0.207 e. The molecule has 0 atom stereocenters. The summed E-state index contributed by atoms with van der Waals surface area (Å²) in [6, 6.07) is 0. The van der Waals surface area contributed by atoms with Gasteiger partial charge in [-0.1, -0.05) is 34.2 Å². The summed E-state index contributed by atoms with van der Waals surface area (Å²) in [5, 5.41) is 0.844. The van der Waals surface area contributed by atoms with E-state index in [0.717, 1.165) is 11.2 Å². The summed E-state index contributed by atoms with van der Waals surface area (Å²) >= 11 is 3.27. The van der Waals surface area contributed by atoms with Crippen LogP contribution >= 0.6 is 15.9 Å². The van der Waals surface area contributed by atoms with Gasteiger partial charge in [-0.2, -0.15) is 0 Å². The molecular formula is C9H9BrF. The molecule has 0 amide bonds. The number of allylic oxidation sites excluding steroid dienone is 6. The van der Waals surface area contributed by atoms with Gasteiger partial charge in [0.05, 0.1) is 0 Å². The van der Waals surface area contributed by atoms with E-state index >= 15 is 0 Å². The van der Waals surface area contributed by atoms with E-state index in [0.29, 0.717) is 6.42 Å². The Morgan fingerprint density at radius 2 is 2.36 bits per heavy atom. The standard InChI is InChI=1S/C9H9BrF/c10-7-1-2-8-3-5-9(11)6-4-8/h1-3,5-6H,4,7H2/b2-1+. The van der Waals surface area contributed by atoms with Crippen molar-refractivity contribution in [1.29, 1.82) is 0 Å². The van der Waals surface area contributed by atoms with E-state index in [2.05, 4.69) is 15.9 Å². The third kappa shape index (κ3) is 3.02. The first-order chi connectivity index (χ1) is 5.33. The van der Waals surface area contributed by atoms with E-state index in [4.69, 9.17) is 0 Å². The number of hydrogen-bond acceptors (Lipinski definition) is 0. The fourth-order valence-electron chi connectivity index (χ4n) is 0.858. The average molecular weight is 216 g/mol. The SMILES string of the molecule is FC1=CC[C](/C=C/CBr)C=C1. The predicted octanol–water partition coefficient (Wildman–Crippen LogP) is 3.33. The topological polar surface area (TPSA) is 0 Å². The number of halogens is 2. The first-order valence-electron chi connectivity index (χ1n) is 3.45. The molecule has 0 unspecified atom stereocenters. The summed E-state index contributed by atoms with van der Waals surface area (Å²) in [6.07, 6.45) is 9.55. The Bertz CT molecular complexity index is 204. The Morgan fingerprint density at radius 1 is 1.55 bits per heavy atom. The van der Waals surface area contributed by atoms with Gasteiger partial charge in [-0.25, -0.2) is 4.39 Å². The lowest BCUT2D eigenvalue weighted by Crippen LogP contribution is -1.91. The molecule has 0 aromatic carbocycles. The summed E-state index contributed by atoms with van der Waals surface area (Å²) in [6.45, 7) is 0. The lowest BCUT2D eigenvalue weighted by Gasteiger charge is -2.06. The summed E-state index contributed by atoms with van der Waals surface area (Å²) < 4.78 is 12.4. The molecule has 0 aromatic heterocycles. The monoisotopic (exact) mass is 215 g/mol. The van der Waals surface area contributed by atoms with Crippen LogP contribution in [0.1, 0.15) is 6.42 Å². The molecule has 0 spiro atoms. The van der Waals surface area contributed by atoms with Gasteiger partial charge in [-0.05, 0) is 18.6 Å². The largest absolute Gasteiger partial charge is 0.207 e. The third-order valence-corrected chi connectivity index (χ3v) is 1.78. The zero-order chi connectivity index (χ0) is 8.10. The molecule has 0 N–H and O–H groups in total. The normalized spacial score (nSPS) is 19.3. The van der Waals surface area contributed by atoms with Gasteiger partial charge in [0.2, 0.25) is 0 Å². The van der Waals surface area contributed by atoms with Gasteiger partial charge in [0.25, 0.3) is 0 Å². The van der Waals surface area contributed by atoms with E-state index < -0.39 is 0 Å². The summed E-state index contributed by atoms with van der Waals surface area (Å²) in [5.74, 6) is 1.01. The van der Waals surface area contributed by atoms with Crippen molar-refractivity contribution in [3.63, 3.8) is 0 Å². The molecule has 1 rings (SSSR count). The molecule has 1 aliphatic carbocycles. The van der Waals surface area contributed by atoms with Crippen LogP contribution in [0, 0.1) is 5.92 Å². The van der Waals surface area contributed by atoms with Crippen molar-refractivity contribution in [2.75, 3.05) is 5.33 Å². The van der Waals surface area contributed by atoms with Crippen molar-refractivity contribution in [3.8, 4) is 0 Å². The molecule has 0 aliphatic heterocycles. The Labute approximate surface area is 74.6 Å². The van der Waals surface area contributed by atoms with E-state index in [-0.39, 0.29) is 5.83 Å². The third-order valence-electron chi connectivity index (χ3n) is 1.41. The molecule has 0 nitrogen and oxygen atoms in total. The molecule has 0 saturated carbocycles. The summed E-state index contributed by atoms with van der Waals surface area (Å²) in [4.78, 5) is 0. The van der Waals surface area contributed by atoms with Crippen molar-refractivity contribution in [2.45, 2.75) is 6.42 Å². The van der Waals surface area contributed by atoms with Crippen LogP contribution in [0.2, 0.25) is 0 Å². The molecule has 0 aromatic rings. The van der Waals surface area contributed by atoms with Crippen LogP contribution in [0.3, 0.4) is 0 Å². The van der Waals surface area contributed by atoms with Gasteiger partial charge in [0.1, 0.15) is 5.83 Å². The first-order valence-corrected chi connectivity index (χ1v) is 4.57. The summed E-state index contributed by atoms with van der Waals surface area (Å²) in [5.41, 5.74) is 0. The Morgan fingerprint density at radius 3 is 2.91 bits per heavy atom. The van der Waals surface area contributed by atoms with Crippen LogP contribution < -0.4 is 0 Å². The molecule has 0 fully saturated rings. The molecule has 11 heavy (non-hydrogen) atoms. The van der Waals surface area contributed by atoms with Crippen LogP contribution in [0.15, 0.2) is 36.2 Å². The highest BCUT2D eigenvalue weighted by atomic mass is 79.9. The molecule has 2 heteroatoms. The Kier molecular flexibility index (Phi) is 3.57. The van der Waals surface area contributed by atoms with Gasteiger partial charge in [0.15, 0.2) is 0 Å². The maximum atomic E-state index is 12.4. The first kappa shape index (κ1) is 8.72. The zero-order valence-corrected chi connectivity index (χ0v) is 7.64. The van der Waals surface area contributed by atoms with Crippen molar-refractivity contribution in [1.82, 2.24) is 0 Å². The second-order valence-corrected chi connectivity index (χ2v) is 2.91. The minimum atomic E-state index is -0.138. The van der Waals surface area contributed by atoms with Crippen molar-refractivity contribution >= 4 is 15.9 Å². The van der Waals surface area contributed by atoms with Crippen LogP contribution in [0.25, 0.3) is 0 Å². The van der Waals surface area contributed by atoms with Crippen LogP contribution in [0.5, 0.6) is 0 Å². The quantitative estimate of drug-likeness (QED) is 0.621. The van der Waals surface area contributed by atoms with Crippen molar-refractivity contribution in [2.24, 2.45) is 0 Å². The van der Waals surface area contributed by atoms with Gasteiger partial charge < -0.3 is 0 Å². The second-order valence-electron chi connectivity index (χ2n) is 2.26. The summed E-state index contributed by atoms with van der Waals surface area (Å²) in [7, 11) is 0. The van der Waals surface area contributed by atoms with E-state index in [1.807, 2.05) is 12.2 Å². The van der Waals surface area contributed by atoms with E-state index in [9.17, 15) is 4.39 Å². The van der Waals surface area contributed by atoms with E-state index in [1.54, 1.807) is 12.2 Å². The van der Waals surface area contributed by atoms with Gasteiger partial charge >= 0.3 is 0 Å². The van der Waals surface area contributed by atoms with Crippen LogP contribution in [-0.2, 0) is 0 Å². The fourth-order valence-corrected chi connectivity index (χ4v) is 1.04. The highest BCUT2D eigenvalue weighted by Crippen LogP contribution is 2.19. The molecule has 1 radical (unpaired) electrons. The lowest BCUT2D eigenvalue weighted by atomic mass is 10.0. The lowest BCUT2D eigenvalue weighted by molar-refractivity contribution is 0.656. The van der Waals surface area contributed by atoms with Gasteiger partial charge in [-0.3, -0.25) is 0 Å². The zero-order valence-electron chi connectivity index (χ0n) is 6.06. The molecule has 0 saturated heterocycles.